The first-order valence-electron chi connectivity index (χ1n) is 6.33. The number of hydrogen-bond donors (Lipinski definition) is 3. The molecule has 0 amide bonds. The van der Waals surface area contributed by atoms with Gasteiger partial charge in [0, 0.05) is 11.3 Å². The molecule has 0 heterocycles. The second kappa shape index (κ2) is 8.08. The van der Waals surface area contributed by atoms with Gasteiger partial charge in [0.1, 0.15) is 0 Å². The average Bonchev–Trinajstić information content (AvgIpc) is 2.56. The highest BCUT2D eigenvalue weighted by Gasteiger charge is 2.07. The Kier molecular flexibility index (Phi) is 5.81. The zero-order chi connectivity index (χ0) is 14.9. The van der Waals surface area contributed by atoms with Crippen molar-refractivity contribution in [2.24, 2.45) is 16.0 Å². The van der Waals surface area contributed by atoms with Crippen molar-refractivity contribution in [3.63, 3.8) is 0 Å². The van der Waals surface area contributed by atoms with Crippen LogP contribution >= 0.6 is 11.8 Å². The molecule has 2 aromatic carbocycles. The van der Waals surface area contributed by atoms with Gasteiger partial charge >= 0.3 is 0 Å². The van der Waals surface area contributed by atoms with Crippen molar-refractivity contribution in [2.45, 2.75) is 0 Å². The van der Waals surface area contributed by atoms with Crippen LogP contribution in [-0.2, 0) is 0 Å². The minimum atomic E-state index is 0.455. The zero-order valence-electron chi connectivity index (χ0n) is 11.3. The molecule has 108 valence electrons. The highest BCUT2D eigenvalue weighted by Crippen LogP contribution is 2.15. The molecular weight excluding hydrogens is 284 g/mol. The second-order valence-electron chi connectivity index (χ2n) is 4.10. The van der Waals surface area contributed by atoms with Crippen molar-refractivity contribution in [3.8, 4) is 0 Å². The van der Waals surface area contributed by atoms with Gasteiger partial charge in [-0.2, -0.15) is 0 Å². The maximum absolute atomic E-state index is 9.14. The topological polar surface area (TPSA) is 83.0 Å². The van der Waals surface area contributed by atoms with Crippen LogP contribution in [0.1, 0.15) is 5.56 Å². The lowest BCUT2D eigenvalue weighted by Gasteiger charge is -2.07. The van der Waals surface area contributed by atoms with E-state index in [0.717, 1.165) is 11.3 Å². The predicted octanol–water partition coefficient (Wildman–Crippen LogP) is 2.75. The molecule has 0 saturated carbocycles. The summed E-state index contributed by atoms with van der Waals surface area (Å²) >= 11 is 1.37. The molecule has 0 atom stereocenters. The number of oxime groups is 1. The Bertz CT molecular complexity index is 614. The third-order valence-corrected chi connectivity index (χ3v) is 3.58. The SMILES string of the molecule is NNC(=Nc1ccccc1)SC/C(=N/O)c1ccccc1. The van der Waals surface area contributed by atoms with Crippen LogP contribution in [0.25, 0.3) is 0 Å². The Hall–Kier alpha value is -2.31. The fourth-order valence-corrected chi connectivity index (χ4v) is 2.41. The monoisotopic (exact) mass is 300 g/mol. The number of thioether (sulfide) groups is 1. The molecule has 0 aliphatic rings. The third-order valence-electron chi connectivity index (χ3n) is 2.68. The Balaban J connectivity index is 2.05. The summed E-state index contributed by atoms with van der Waals surface area (Å²) in [6, 6.07) is 19.0. The van der Waals surface area contributed by atoms with Crippen LogP contribution in [0.4, 0.5) is 5.69 Å². The minimum Gasteiger partial charge on any atom is -0.411 e. The Labute approximate surface area is 127 Å². The van der Waals surface area contributed by atoms with Crippen LogP contribution in [0.15, 0.2) is 70.8 Å². The summed E-state index contributed by atoms with van der Waals surface area (Å²) in [4.78, 5) is 4.38. The van der Waals surface area contributed by atoms with Crippen LogP contribution < -0.4 is 11.3 Å². The molecule has 0 radical (unpaired) electrons. The van der Waals surface area contributed by atoms with E-state index < -0.39 is 0 Å². The second-order valence-corrected chi connectivity index (χ2v) is 5.06. The van der Waals surface area contributed by atoms with E-state index in [1.165, 1.54) is 11.8 Å². The quantitative estimate of drug-likeness (QED) is 0.266. The summed E-state index contributed by atoms with van der Waals surface area (Å²) in [6.07, 6.45) is 0. The highest BCUT2D eigenvalue weighted by atomic mass is 32.2. The van der Waals surface area contributed by atoms with E-state index in [-0.39, 0.29) is 0 Å². The van der Waals surface area contributed by atoms with E-state index in [2.05, 4.69) is 15.6 Å². The predicted molar refractivity (Wildman–Crippen MR) is 88.1 cm³/mol. The molecule has 0 aliphatic heterocycles. The molecule has 0 aromatic heterocycles. The first-order valence-corrected chi connectivity index (χ1v) is 7.31. The van der Waals surface area contributed by atoms with E-state index >= 15 is 0 Å². The number of hydrazine groups is 1. The van der Waals surface area contributed by atoms with Crippen molar-refractivity contribution in [2.75, 3.05) is 5.75 Å². The largest absolute Gasteiger partial charge is 0.411 e. The minimum absolute atomic E-state index is 0.455. The summed E-state index contributed by atoms with van der Waals surface area (Å²) in [6.45, 7) is 0. The molecule has 21 heavy (non-hydrogen) atoms. The number of nitrogens with one attached hydrogen (secondary N) is 1. The van der Waals surface area contributed by atoms with Gasteiger partial charge < -0.3 is 10.6 Å². The lowest BCUT2D eigenvalue weighted by atomic mass is 10.1. The average molecular weight is 300 g/mol. The first kappa shape index (κ1) is 15.1. The van der Waals surface area contributed by atoms with E-state index in [9.17, 15) is 0 Å². The van der Waals surface area contributed by atoms with Crippen LogP contribution in [0.5, 0.6) is 0 Å². The number of para-hydroxylation sites is 1. The standard InChI is InChI=1S/C15H16N4OS/c16-18-15(17-13-9-5-2-6-10-13)21-11-14(19-20)12-7-3-1-4-8-12/h1-10,20H,11,16H2,(H,17,18)/b19-14-. The zero-order valence-corrected chi connectivity index (χ0v) is 12.1. The van der Waals surface area contributed by atoms with Gasteiger partial charge in [0.05, 0.1) is 11.4 Å². The Morgan fingerprint density at radius 1 is 1.05 bits per heavy atom. The van der Waals surface area contributed by atoms with Gasteiger partial charge in [-0.1, -0.05) is 65.4 Å². The summed E-state index contributed by atoms with van der Waals surface area (Å²) < 4.78 is 0. The van der Waals surface area contributed by atoms with E-state index in [1.54, 1.807) is 0 Å². The summed E-state index contributed by atoms with van der Waals surface area (Å²) in [7, 11) is 0. The molecule has 2 rings (SSSR count). The number of amidine groups is 1. The maximum atomic E-state index is 9.14. The number of benzene rings is 2. The van der Waals surface area contributed by atoms with E-state index in [4.69, 9.17) is 11.0 Å². The van der Waals surface area contributed by atoms with E-state index in [1.807, 2.05) is 60.7 Å². The summed E-state index contributed by atoms with van der Waals surface area (Å²) in [5.41, 5.74) is 4.79. The lowest BCUT2D eigenvalue weighted by molar-refractivity contribution is 0.319. The molecule has 5 nitrogen and oxygen atoms in total. The van der Waals surface area contributed by atoms with Gasteiger partial charge in [0.25, 0.3) is 0 Å². The number of hydrogen-bond acceptors (Lipinski definition) is 5. The number of aliphatic imine (C=N–C) groups is 1. The van der Waals surface area contributed by atoms with Gasteiger partial charge in [-0.15, -0.1) is 0 Å². The fraction of sp³-hybridized carbons (Fsp3) is 0.0667. The van der Waals surface area contributed by atoms with E-state index in [0.29, 0.717) is 16.6 Å². The van der Waals surface area contributed by atoms with Crippen molar-refractivity contribution in [1.82, 2.24) is 5.43 Å². The molecule has 0 unspecified atom stereocenters. The highest BCUT2D eigenvalue weighted by molar-refractivity contribution is 8.14. The molecule has 0 aliphatic carbocycles. The Morgan fingerprint density at radius 3 is 2.24 bits per heavy atom. The molecule has 0 saturated heterocycles. The van der Waals surface area contributed by atoms with Gasteiger partial charge in [-0.25, -0.2) is 10.8 Å². The van der Waals surface area contributed by atoms with Crippen molar-refractivity contribution >= 4 is 28.3 Å². The molecule has 2 aromatic rings. The van der Waals surface area contributed by atoms with Crippen molar-refractivity contribution < 1.29 is 5.21 Å². The van der Waals surface area contributed by atoms with Crippen LogP contribution in [0.2, 0.25) is 0 Å². The molecule has 0 bridgehead atoms. The van der Waals surface area contributed by atoms with Gasteiger partial charge in [-0.05, 0) is 12.1 Å². The van der Waals surface area contributed by atoms with Gasteiger partial charge in [-0.3, -0.25) is 0 Å². The van der Waals surface area contributed by atoms with Crippen LogP contribution in [-0.4, -0.2) is 21.8 Å². The lowest BCUT2D eigenvalue weighted by Crippen LogP contribution is -2.28. The summed E-state index contributed by atoms with van der Waals surface area (Å²) in [5, 5.41) is 13.0. The van der Waals surface area contributed by atoms with Gasteiger partial charge in [0.2, 0.25) is 0 Å². The van der Waals surface area contributed by atoms with Crippen molar-refractivity contribution in [1.29, 1.82) is 0 Å². The number of rotatable bonds is 4. The summed E-state index contributed by atoms with van der Waals surface area (Å²) in [5.74, 6) is 5.94. The number of nitrogens with zero attached hydrogens (tertiary/aromatic N) is 2. The van der Waals surface area contributed by atoms with Crippen molar-refractivity contribution in [3.05, 3.63) is 66.2 Å². The molecule has 0 spiro atoms. The maximum Gasteiger partial charge on any atom is 0.176 e. The third kappa shape index (κ3) is 4.62. The van der Waals surface area contributed by atoms with Crippen LogP contribution in [0, 0.1) is 0 Å². The normalized spacial score (nSPS) is 12.2. The Morgan fingerprint density at radius 2 is 1.67 bits per heavy atom. The molecular formula is C15H16N4OS. The molecule has 6 heteroatoms. The fourth-order valence-electron chi connectivity index (χ4n) is 1.66. The molecule has 4 N–H and O–H groups in total. The van der Waals surface area contributed by atoms with Crippen LogP contribution in [0.3, 0.4) is 0 Å². The first-order chi connectivity index (χ1) is 10.3. The van der Waals surface area contributed by atoms with Gasteiger partial charge in [0.15, 0.2) is 5.17 Å². The smallest absolute Gasteiger partial charge is 0.176 e. The molecule has 0 fully saturated rings. The number of nitrogens with two attached hydrogens (primary N) is 1.